The van der Waals surface area contributed by atoms with Gasteiger partial charge >= 0.3 is 5.97 Å². The largest absolute Gasteiger partial charge is 0.508 e. The number of aliphatic imine (C=N–C) groups is 1. The molecule has 3 rings (SSSR count). The predicted octanol–water partition coefficient (Wildman–Crippen LogP) is 3.90. The zero-order valence-corrected chi connectivity index (χ0v) is 17.7. The summed E-state index contributed by atoms with van der Waals surface area (Å²) in [7, 11) is 3.07. The Morgan fingerprint density at radius 2 is 2.00 bits per heavy atom. The van der Waals surface area contributed by atoms with Crippen LogP contribution < -0.4 is 9.47 Å². The molecule has 0 radical (unpaired) electrons. The number of carbonyl (C=O) groups is 2. The molecule has 0 bridgehead atoms. The highest BCUT2D eigenvalue weighted by molar-refractivity contribution is 8.18. The first kappa shape index (κ1) is 22.0. The van der Waals surface area contributed by atoms with Crippen LogP contribution in [0.5, 0.6) is 17.2 Å². The highest BCUT2D eigenvalue weighted by Gasteiger charge is 2.33. The van der Waals surface area contributed by atoms with E-state index in [-0.39, 0.29) is 29.5 Å². The van der Waals surface area contributed by atoms with E-state index in [9.17, 15) is 19.8 Å². The number of carbonyl (C=O) groups excluding carboxylic acids is 1. The Morgan fingerprint density at radius 3 is 2.65 bits per heavy atom. The number of nitrogens with zero attached hydrogens (tertiary/aromatic N) is 2. The molecule has 31 heavy (non-hydrogen) atoms. The van der Waals surface area contributed by atoms with Crippen LogP contribution >= 0.6 is 11.8 Å². The lowest BCUT2D eigenvalue weighted by atomic mass is 10.1. The van der Waals surface area contributed by atoms with E-state index in [2.05, 4.69) is 11.6 Å². The summed E-state index contributed by atoms with van der Waals surface area (Å²) in [5, 5.41) is 19.3. The van der Waals surface area contributed by atoms with Gasteiger partial charge in [0.05, 0.1) is 30.4 Å². The highest BCUT2D eigenvalue weighted by Crippen LogP contribution is 2.37. The number of rotatable bonds is 7. The molecule has 1 fully saturated rings. The number of phenolic OH excluding ortho intramolecular Hbond substituents is 1. The second-order valence-electron chi connectivity index (χ2n) is 6.32. The van der Waals surface area contributed by atoms with Crippen LogP contribution in [0.15, 0.2) is 59.0 Å². The first-order valence-electron chi connectivity index (χ1n) is 9.07. The topological polar surface area (TPSA) is 109 Å². The van der Waals surface area contributed by atoms with Crippen molar-refractivity contribution in [2.24, 2.45) is 4.99 Å². The summed E-state index contributed by atoms with van der Waals surface area (Å²) in [6, 6.07) is 9.07. The Labute approximate surface area is 183 Å². The van der Waals surface area contributed by atoms with E-state index < -0.39 is 5.97 Å². The minimum absolute atomic E-state index is 0.123. The summed E-state index contributed by atoms with van der Waals surface area (Å²) in [6.07, 6.45) is 3.23. The Hall–Kier alpha value is -3.72. The average Bonchev–Trinajstić information content (AvgIpc) is 3.04. The van der Waals surface area contributed by atoms with E-state index in [1.54, 1.807) is 37.5 Å². The van der Waals surface area contributed by atoms with E-state index in [0.29, 0.717) is 27.1 Å². The molecule has 1 aliphatic rings. The SMILES string of the molecule is C=CCN1C(=O)/C(=C/c2ccc(OC)cc2OC)SC1=Nc1ccc(O)cc1C(=O)O. The highest BCUT2D eigenvalue weighted by atomic mass is 32.2. The maximum atomic E-state index is 13.0. The Kier molecular flexibility index (Phi) is 6.66. The van der Waals surface area contributed by atoms with Gasteiger partial charge in [0.1, 0.15) is 17.2 Å². The van der Waals surface area contributed by atoms with Crippen molar-refractivity contribution in [2.45, 2.75) is 0 Å². The van der Waals surface area contributed by atoms with Gasteiger partial charge in [-0.2, -0.15) is 0 Å². The summed E-state index contributed by atoms with van der Waals surface area (Å²) < 4.78 is 10.6. The van der Waals surface area contributed by atoms with Crippen LogP contribution in [-0.4, -0.2) is 52.9 Å². The van der Waals surface area contributed by atoms with Crippen molar-refractivity contribution in [3.8, 4) is 17.2 Å². The van der Waals surface area contributed by atoms with E-state index >= 15 is 0 Å². The number of carboxylic acid groups (broad SMARTS) is 1. The number of aromatic hydroxyl groups is 1. The number of hydrogen-bond acceptors (Lipinski definition) is 7. The Balaban J connectivity index is 2.04. The molecule has 1 saturated heterocycles. The fraction of sp³-hybridized carbons (Fsp3) is 0.136. The number of hydrogen-bond donors (Lipinski definition) is 2. The van der Waals surface area contributed by atoms with Gasteiger partial charge in [-0.1, -0.05) is 6.08 Å². The monoisotopic (exact) mass is 440 g/mol. The zero-order chi connectivity index (χ0) is 22.5. The lowest BCUT2D eigenvalue weighted by Gasteiger charge is -2.13. The van der Waals surface area contributed by atoms with Gasteiger partial charge in [0.15, 0.2) is 5.17 Å². The van der Waals surface area contributed by atoms with Gasteiger partial charge in [0, 0.05) is 18.2 Å². The normalized spacial score (nSPS) is 16.1. The molecule has 0 aromatic heterocycles. The van der Waals surface area contributed by atoms with E-state index in [1.165, 1.54) is 24.1 Å². The number of benzene rings is 2. The van der Waals surface area contributed by atoms with Crippen LogP contribution in [0.2, 0.25) is 0 Å². The summed E-state index contributed by atoms with van der Waals surface area (Å²) in [4.78, 5) is 30.7. The number of methoxy groups -OCH3 is 2. The minimum Gasteiger partial charge on any atom is -0.508 e. The molecule has 2 N–H and O–H groups in total. The molecule has 0 aliphatic carbocycles. The lowest BCUT2D eigenvalue weighted by molar-refractivity contribution is -0.121. The number of amides is 1. The number of amidine groups is 1. The molecule has 160 valence electrons. The van der Waals surface area contributed by atoms with Gasteiger partial charge in [-0.05, 0) is 48.2 Å². The van der Waals surface area contributed by atoms with Crippen molar-refractivity contribution in [3.63, 3.8) is 0 Å². The fourth-order valence-corrected chi connectivity index (χ4v) is 3.85. The molecule has 0 atom stereocenters. The lowest BCUT2D eigenvalue weighted by Crippen LogP contribution is -2.29. The molecule has 2 aromatic rings. The van der Waals surface area contributed by atoms with Crippen LogP contribution in [0.1, 0.15) is 15.9 Å². The molecule has 2 aromatic carbocycles. The van der Waals surface area contributed by atoms with Gasteiger partial charge in [0.25, 0.3) is 5.91 Å². The summed E-state index contributed by atoms with van der Waals surface area (Å²) >= 11 is 1.11. The predicted molar refractivity (Wildman–Crippen MR) is 119 cm³/mol. The number of aromatic carboxylic acids is 1. The van der Waals surface area contributed by atoms with Gasteiger partial charge in [-0.3, -0.25) is 9.69 Å². The third kappa shape index (κ3) is 4.72. The molecule has 9 heteroatoms. The minimum atomic E-state index is -1.24. The molecule has 1 aliphatic heterocycles. The number of thioether (sulfide) groups is 1. The maximum absolute atomic E-state index is 13.0. The second kappa shape index (κ2) is 9.40. The van der Waals surface area contributed by atoms with Crippen molar-refractivity contribution in [1.29, 1.82) is 0 Å². The van der Waals surface area contributed by atoms with Gasteiger partial charge in [-0.25, -0.2) is 9.79 Å². The number of ether oxygens (including phenoxy) is 2. The van der Waals surface area contributed by atoms with Crippen molar-refractivity contribution in [2.75, 3.05) is 20.8 Å². The fourth-order valence-electron chi connectivity index (χ4n) is 2.86. The smallest absolute Gasteiger partial charge is 0.338 e. The van der Waals surface area contributed by atoms with Crippen molar-refractivity contribution < 1.29 is 29.3 Å². The molecule has 0 saturated carbocycles. The first-order chi connectivity index (χ1) is 14.9. The molecule has 1 amide bonds. The molecular formula is C22H20N2O6S. The number of phenols is 1. The Morgan fingerprint density at radius 1 is 1.23 bits per heavy atom. The summed E-state index contributed by atoms with van der Waals surface area (Å²) in [5.74, 6) is -0.566. The van der Waals surface area contributed by atoms with E-state index in [4.69, 9.17) is 9.47 Å². The van der Waals surface area contributed by atoms with Crippen molar-refractivity contribution in [3.05, 3.63) is 65.1 Å². The third-order valence-corrected chi connectivity index (χ3v) is 5.36. The first-order valence-corrected chi connectivity index (χ1v) is 9.89. The third-order valence-electron chi connectivity index (χ3n) is 4.35. The van der Waals surface area contributed by atoms with E-state index in [1.807, 2.05) is 0 Å². The van der Waals surface area contributed by atoms with Crippen LogP contribution in [-0.2, 0) is 4.79 Å². The van der Waals surface area contributed by atoms with E-state index in [0.717, 1.165) is 17.8 Å². The maximum Gasteiger partial charge on any atom is 0.338 e. The van der Waals surface area contributed by atoms with Gasteiger partial charge in [0.2, 0.25) is 0 Å². The van der Waals surface area contributed by atoms with Crippen molar-refractivity contribution >= 4 is 40.6 Å². The molecule has 8 nitrogen and oxygen atoms in total. The van der Waals surface area contributed by atoms with Crippen LogP contribution in [0.3, 0.4) is 0 Å². The number of carboxylic acids is 1. The zero-order valence-electron chi connectivity index (χ0n) is 16.9. The van der Waals surface area contributed by atoms with Gasteiger partial charge < -0.3 is 19.7 Å². The van der Waals surface area contributed by atoms with Crippen molar-refractivity contribution in [1.82, 2.24) is 4.90 Å². The quantitative estimate of drug-likeness (QED) is 0.496. The molecule has 0 unspecified atom stereocenters. The van der Waals surface area contributed by atoms with Crippen LogP contribution in [0.25, 0.3) is 6.08 Å². The second-order valence-corrected chi connectivity index (χ2v) is 7.33. The molecule has 0 spiro atoms. The van der Waals surface area contributed by atoms with Gasteiger partial charge in [-0.15, -0.1) is 6.58 Å². The summed E-state index contributed by atoms with van der Waals surface area (Å²) in [6.45, 7) is 3.87. The van der Waals surface area contributed by atoms with Crippen LogP contribution in [0.4, 0.5) is 5.69 Å². The Bertz CT molecular complexity index is 1110. The summed E-state index contributed by atoms with van der Waals surface area (Å²) in [5.41, 5.74) is 0.626. The molecule has 1 heterocycles. The standard InChI is InChI=1S/C22H20N2O6S/c1-4-9-24-20(26)19(10-13-5-7-15(29-2)12-18(13)30-3)31-22(24)23-17-8-6-14(25)11-16(17)21(27)28/h4-8,10-12,25H,1,9H2,2-3H3,(H,27,28)/b19-10-,23-22?. The molecular weight excluding hydrogens is 420 g/mol. The van der Waals surface area contributed by atoms with Crippen LogP contribution in [0, 0.1) is 0 Å². The average molecular weight is 440 g/mol.